The molecule has 1 aliphatic carbocycles. The van der Waals surface area contributed by atoms with Gasteiger partial charge in [0.2, 0.25) is 0 Å². The van der Waals surface area contributed by atoms with E-state index in [1.165, 1.54) is 6.42 Å². The maximum Gasteiger partial charge on any atom is 0.149 e. The Hall–Kier alpha value is -0.670. The minimum atomic E-state index is -0.214. The number of carbonyl (C=O) groups excluding carboxylic acids is 1. The summed E-state index contributed by atoms with van der Waals surface area (Å²) in [6.07, 6.45) is 12.8. The van der Waals surface area contributed by atoms with Crippen LogP contribution in [0.5, 0.6) is 0 Å². The summed E-state index contributed by atoms with van der Waals surface area (Å²) in [4.78, 5) is 11.7. The van der Waals surface area contributed by atoms with Crippen LogP contribution >= 0.6 is 0 Å². The van der Waals surface area contributed by atoms with Crippen LogP contribution in [0.2, 0.25) is 0 Å². The van der Waals surface area contributed by atoms with E-state index >= 15 is 0 Å². The Balaban J connectivity index is 0.00000137. The Morgan fingerprint density at radius 3 is 2.67 bits per heavy atom. The topological polar surface area (TPSA) is 63.3 Å². The van der Waals surface area contributed by atoms with Crippen LogP contribution in [0.15, 0.2) is 12.2 Å². The summed E-state index contributed by atoms with van der Waals surface area (Å²) in [5.41, 5.74) is 5.96. The molecule has 0 saturated heterocycles. The molecule has 0 amide bonds. The van der Waals surface area contributed by atoms with Gasteiger partial charge in [-0.3, -0.25) is 4.79 Å². The number of hydrogen-bond donors (Lipinski definition) is 2. The standard InChI is InChI=1S/C14H25NO.CH4O/c1-2-3-5-10-14(16)13(15)11-12-8-6-4-7-9-12;1-2/h4,6,12-13H,2-3,5,7-11,15H2,1H3;2H,1H3/t12?,13-;/m0./s1. The molecule has 3 N–H and O–H groups in total. The smallest absolute Gasteiger partial charge is 0.149 e. The van der Waals surface area contributed by atoms with Gasteiger partial charge in [-0.05, 0) is 38.0 Å². The molecule has 0 aliphatic heterocycles. The fraction of sp³-hybridized carbons (Fsp3) is 0.800. The lowest BCUT2D eigenvalue weighted by Crippen LogP contribution is -2.32. The first-order valence-corrected chi connectivity index (χ1v) is 7.12. The highest BCUT2D eigenvalue weighted by Crippen LogP contribution is 2.23. The Morgan fingerprint density at radius 1 is 1.39 bits per heavy atom. The molecule has 0 fully saturated rings. The Morgan fingerprint density at radius 2 is 2.11 bits per heavy atom. The summed E-state index contributed by atoms with van der Waals surface area (Å²) in [6, 6.07) is -0.214. The van der Waals surface area contributed by atoms with E-state index in [9.17, 15) is 4.79 Å². The second-order valence-electron chi connectivity index (χ2n) is 4.92. The van der Waals surface area contributed by atoms with Gasteiger partial charge in [0, 0.05) is 13.5 Å². The molecule has 106 valence electrons. The maximum atomic E-state index is 11.7. The second-order valence-corrected chi connectivity index (χ2v) is 4.92. The molecule has 0 radical (unpaired) electrons. The third-order valence-corrected chi connectivity index (χ3v) is 3.41. The number of hydrogen-bond acceptors (Lipinski definition) is 3. The zero-order valence-corrected chi connectivity index (χ0v) is 11.9. The lowest BCUT2D eigenvalue weighted by Gasteiger charge is -2.20. The van der Waals surface area contributed by atoms with E-state index in [1.807, 2.05) is 0 Å². The number of nitrogens with two attached hydrogens (primary N) is 1. The monoisotopic (exact) mass is 255 g/mol. The summed E-state index contributed by atoms with van der Waals surface area (Å²) in [5.74, 6) is 0.901. The highest BCUT2D eigenvalue weighted by atomic mass is 16.2. The summed E-state index contributed by atoms with van der Waals surface area (Å²) in [6.45, 7) is 2.15. The number of aliphatic hydroxyl groups is 1. The third-order valence-electron chi connectivity index (χ3n) is 3.41. The van der Waals surface area contributed by atoms with Crippen molar-refractivity contribution in [3.8, 4) is 0 Å². The summed E-state index contributed by atoms with van der Waals surface area (Å²) >= 11 is 0. The van der Waals surface area contributed by atoms with Crippen molar-refractivity contribution in [3.05, 3.63) is 12.2 Å². The molecule has 3 nitrogen and oxygen atoms in total. The summed E-state index contributed by atoms with van der Waals surface area (Å²) < 4.78 is 0. The number of Topliss-reactive ketones (excluding diaryl/α,β-unsaturated/α-hetero) is 1. The van der Waals surface area contributed by atoms with E-state index < -0.39 is 0 Å². The Labute approximate surface area is 111 Å². The summed E-state index contributed by atoms with van der Waals surface area (Å²) in [7, 11) is 1.00. The number of allylic oxidation sites excluding steroid dienone is 2. The normalized spacial score (nSPS) is 19.9. The lowest BCUT2D eigenvalue weighted by atomic mass is 9.87. The zero-order chi connectivity index (χ0) is 13.8. The number of ketones is 1. The zero-order valence-electron chi connectivity index (χ0n) is 11.9. The first-order valence-electron chi connectivity index (χ1n) is 7.12. The van der Waals surface area contributed by atoms with Crippen LogP contribution in [-0.2, 0) is 4.79 Å². The molecular weight excluding hydrogens is 226 g/mol. The molecule has 0 spiro atoms. The van der Waals surface area contributed by atoms with Crippen molar-refractivity contribution in [2.45, 2.75) is 64.3 Å². The largest absolute Gasteiger partial charge is 0.400 e. The highest BCUT2D eigenvalue weighted by Gasteiger charge is 2.19. The quantitative estimate of drug-likeness (QED) is 0.543. The fourth-order valence-corrected chi connectivity index (χ4v) is 2.30. The van der Waals surface area contributed by atoms with Gasteiger partial charge in [-0.2, -0.15) is 0 Å². The van der Waals surface area contributed by atoms with Crippen LogP contribution in [-0.4, -0.2) is 24.0 Å². The minimum Gasteiger partial charge on any atom is -0.400 e. The van der Waals surface area contributed by atoms with Crippen LogP contribution in [0.25, 0.3) is 0 Å². The van der Waals surface area contributed by atoms with Gasteiger partial charge in [0.25, 0.3) is 0 Å². The van der Waals surface area contributed by atoms with E-state index in [2.05, 4.69) is 19.1 Å². The third kappa shape index (κ3) is 7.62. The number of aliphatic hydroxyl groups excluding tert-OH is 1. The molecule has 1 rings (SSSR count). The average Bonchev–Trinajstić information content (AvgIpc) is 2.42. The lowest BCUT2D eigenvalue weighted by molar-refractivity contribution is -0.120. The van der Waals surface area contributed by atoms with Crippen molar-refractivity contribution in [1.82, 2.24) is 0 Å². The number of unbranched alkanes of at least 4 members (excludes halogenated alkanes) is 2. The van der Waals surface area contributed by atoms with E-state index in [-0.39, 0.29) is 11.8 Å². The summed E-state index contributed by atoms with van der Waals surface area (Å²) in [5, 5.41) is 7.00. The molecule has 1 aliphatic rings. The molecule has 18 heavy (non-hydrogen) atoms. The van der Waals surface area contributed by atoms with E-state index in [4.69, 9.17) is 10.8 Å². The van der Waals surface area contributed by atoms with Crippen molar-refractivity contribution in [3.63, 3.8) is 0 Å². The van der Waals surface area contributed by atoms with Crippen molar-refractivity contribution in [2.75, 3.05) is 7.11 Å². The van der Waals surface area contributed by atoms with Gasteiger partial charge in [0.05, 0.1) is 6.04 Å². The molecule has 0 bridgehead atoms. The molecule has 0 aromatic rings. The SMILES string of the molecule is CCCCCC(=O)[C@@H](N)CC1CC=CCC1.CO. The van der Waals surface area contributed by atoms with Crippen LogP contribution in [0, 0.1) is 5.92 Å². The van der Waals surface area contributed by atoms with Crippen LogP contribution < -0.4 is 5.73 Å². The number of carbonyl (C=O) groups is 1. The van der Waals surface area contributed by atoms with Crippen molar-refractivity contribution in [2.24, 2.45) is 11.7 Å². The average molecular weight is 255 g/mol. The Kier molecular flexibility index (Phi) is 11.0. The van der Waals surface area contributed by atoms with Crippen LogP contribution in [0.4, 0.5) is 0 Å². The highest BCUT2D eigenvalue weighted by molar-refractivity contribution is 5.83. The molecule has 0 saturated carbocycles. The number of rotatable bonds is 7. The van der Waals surface area contributed by atoms with E-state index in [0.29, 0.717) is 12.3 Å². The molecule has 2 atom stereocenters. The predicted octanol–water partition coefficient (Wildman–Crippen LogP) is 2.82. The minimum absolute atomic E-state index is 0.214. The van der Waals surface area contributed by atoms with Crippen molar-refractivity contribution in [1.29, 1.82) is 0 Å². The van der Waals surface area contributed by atoms with Gasteiger partial charge in [0.1, 0.15) is 5.78 Å². The van der Waals surface area contributed by atoms with E-state index in [1.54, 1.807) is 0 Å². The van der Waals surface area contributed by atoms with Gasteiger partial charge < -0.3 is 10.8 Å². The molecule has 1 unspecified atom stereocenters. The first kappa shape index (κ1) is 17.3. The van der Waals surface area contributed by atoms with Crippen molar-refractivity contribution < 1.29 is 9.90 Å². The fourth-order valence-electron chi connectivity index (χ4n) is 2.30. The molecule has 0 heterocycles. The predicted molar refractivity (Wildman–Crippen MR) is 76.4 cm³/mol. The van der Waals surface area contributed by atoms with Crippen LogP contribution in [0.3, 0.4) is 0 Å². The van der Waals surface area contributed by atoms with Crippen molar-refractivity contribution >= 4 is 5.78 Å². The van der Waals surface area contributed by atoms with E-state index in [0.717, 1.165) is 45.6 Å². The first-order chi connectivity index (χ1) is 8.74. The molecular formula is C15H29NO2. The van der Waals surface area contributed by atoms with Crippen LogP contribution in [0.1, 0.15) is 58.3 Å². The van der Waals surface area contributed by atoms with Gasteiger partial charge in [-0.15, -0.1) is 0 Å². The maximum absolute atomic E-state index is 11.7. The Bertz CT molecular complexity index is 239. The van der Waals surface area contributed by atoms with Gasteiger partial charge in [0.15, 0.2) is 0 Å². The van der Waals surface area contributed by atoms with Gasteiger partial charge in [-0.1, -0.05) is 31.9 Å². The molecule has 0 aromatic carbocycles. The second kappa shape index (κ2) is 11.4. The molecule has 3 heteroatoms. The van der Waals surface area contributed by atoms with Gasteiger partial charge >= 0.3 is 0 Å². The van der Waals surface area contributed by atoms with Gasteiger partial charge in [-0.25, -0.2) is 0 Å². The molecule has 0 aromatic heterocycles.